The Hall–Kier alpha value is -0.570. The number of halogens is 1. The van der Waals surface area contributed by atoms with Gasteiger partial charge in [-0.25, -0.2) is 0 Å². The van der Waals surface area contributed by atoms with E-state index in [1.807, 2.05) is 6.07 Å². The van der Waals surface area contributed by atoms with E-state index in [0.717, 1.165) is 43.1 Å². The number of benzene rings is 1. The SMILES string of the molecule is Cc1cc(CN2CCC(N)CC2)ccc1Cl. The van der Waals surface area contributed by atoms with E-state index >= 15 is 0 Å². The van der Waals surface area contributed by atoms with Crippen molar-refractivity contribution in [2.45, 2.75) is 32.4 Å². The van der Waals surface area contributed by atoms with Crippen LogP contribution >= 0.6 is 11.6 Å². The third-order valence-corrected chi connectivity index (χ3v) is 3.68. The molecule has 1 aromatic carbocycles. The summed E-state index contributed by atoms with van der Waals surface area (Å²) in [5.74, 6) is 0. The number of likely N-dealkylation sites (tertiary alicyclic amines) is 1. The molecular formula is C13H19ClN2. The molecule has 0 unspecified atom stereocenters. The van der Waals surface area contributed by atoms with Gasteiger partial charge in [-0.2, -0.15) is 0 Å². The summed E-state index contributed by atoms with van der Waals surface area (Å²) >= 11 is 6.01. The van der Waals surface area contributed by atoms with Crippen molar-refractivity contribution < 1.29 is 0 Å². The molecule has 88 valence electrons. The number of nitrogens with zero attached hydrogens (tertiary/aromatic N) is 1. The highest BCUT2D eigenvalue weighted by molar-refractivity contribution is 6.31. The van der Waals surface area contributed by atoms with Gasteiger partial charge >= 0.3 is 0 Å². The minimum absolute atomic E-state index is 0.406. The molecule has 0 radical (unpaired) electrons. The maximum Gasteiger partial charge on any atom is 0.0435 e. The Balaban J connectivity index is 1.96. The van der Waals surface area contributed by atoms with E-state index < -0.39 is 0 Å². The van der Waals surface area contributed by atoms with E-state index in [4.69, 9.17) is 17.3 Å². The molecule has 0 spiro atoms. The number of aryl methyl sites for hydroxylation is 1. The number of hydrogen-bond acceptors (Lipinski definition) is 2. The van der Waals surface area contributed by atoms with E-state index in [2.05, 4.69) is 24.0 Å². The van der Waals surface area contributed by atoms with Crippen LogP contribution in [0, 0.1) is 6.92 Å². The Morgan fingerprint density at radius 1 is 1.38 bits per heavy atom. The summed E-state index contributed by atoms with van der Waals surface area (Å²) in [7, 11) is 0. The second kappa shape index (κ2) is 5.17. The van der Waals surface area contributed by atoms with Crippen LogP contribution in [0.4, 0.5) is 0 Å². The molecule has 0 saturated carbocycles. The van der Waals surface area contributed by atoms with Gasteiger partial charge in [0.05, 0.1) is 0 Å². The molecule has 0 aliphatic carbocycles. The van der Waals surface area contributed by atoms with Gasteiger partial charge in [-0.15, -0.1) is 0 Å². The molecule has 1 aromatic rings. The van der Waals surface area contributed by atoms with Crippen LogP contribution in [0.15, 0.2) is 18.2 Å². The van der Waals surface area contributed by atoms with Gasteiger partial charge in [0.25, 0.3) is 0 Å². The molecule has 2 nitrogen and oxygen atoms in total. The fourth-order valence-electron chi connectivity index (χ4n) is 2.17. The van der Waals surface area contributed by atoms with Crippen molar-refractivity contribution in [2.75, 3.05) is 13.1 Å². The number of piperidine rings is 1. The average Bonchev–Trinajstić information content (AvgIpc) is 2.27. The highest BCUT2D eigenvalue weighted by Crippen LogP contribution is 2.18. The van der Waals surface area contributed by atoms with Gasteiger partial charge in [-0.05, 0) is 50.0 Å². The van der Waals surface area contributed by atoms with Gasteiger partial charge in [0.2, 0.25) is 0 Å². The van der Waals surface area contributed by atoms with Crippen LogP contribution in [0.3, 0.4) is 0 Å². The van der Waals surface area contributed by atoms with Gasteiger partial charge in [-0.3, -0.25) is 4.90 Å². The van der Waals surface area contributed by atoms with E-state index in [-0.39, 0.29) is 0 Å². The summed E-state index contributed by atoms with van der Waals surface area (Å²) < 4.78 is 0. The Bertz CT molecular complexity index is 357. The summed E-state index contributed by atoms with van der Waals surface area (Å²) in [6.07, 6.45) is 2.24. The third kappa shape index (κ3) is 2.97. The van der Waals surface area contributed by atoms with Crippen molar-refractivity contribution in [3.05, 3.63) is 34.3 Å². The van der Waals surface area contributed by atoms with E-state index in [0.29, 0.717) is 6.04 Å². The summed E-state index contributed by atoms with van der Waals surface area (Å²) in [5.41, 5.74) is 8.40. The normalized spacial score (nSPS) is 18.9. The number of nitrogens with two attached hydrogens (primary N) is 1. The van der Waals surface area contributed by atoms with Crippen molar-refractivity contribution in [3.8, 4) is 0 Å². The first kappa shape index (κ1) is 11.9. The van der Waals surface area contributed by atoms with Crippen LogP contribution in [0.2, 0.25) is 5.02 Å². The summed E-state index contributed by atoms with van der Waals surface area (Å²) in [5, 5.41) is 0.851. The van der Waals surface area contributed by atoms with Crippen molar-refractivity contribution in [1.29, 1.82) is 0 Å². The smallest absolute Gasteiger partial charge is 0.0435 e. The maximum atomic E-state index is 6.01. The molecule has 1 aliphatic heterocycles. The second-order valence-corrected chi connectivity index (χ2v) is 5.10. The van der Waals surface area contributed by atoms with E-state index in [9.17, 15) is 0 Å². The summed E-state index contributed by atoms with van der Waals surface area (Å²) in [4.78, 5) is 2.46. The largest absolute Gasteiger partial charge is 0.328 e. The average molecular weight is 239 g/mol. The minimum atomic E-state index is 0.406. The van der Waals surface area contributed by atoms with Crippen LogP contribution in [-0.2, 0) is 6.54 Å². The van der Waals surface area contributed by atoms with Gasteiger partial charge in [-0.1, -0.05) is 23.7 Å². The van der Waals surface area contributed by atoms with Crippen LogP contribution < -0.4 is 5.73 Å². The first-order valence-corrected chi connectivity index (χ1v) is 6.26. The minimum Gasteiger partial charge on any atom is -0.328 e. The fourth-order valence-corrected chi connectivity index (χ4v) is 2.29. The molecule has 16 heavy (non-hydrogen) atoms. The monoisotopic (exact) mass is 238 g/mol. The zero-order valence-electron chi connectivity index (χ0n) is 9.75. The van der Waals surface area contributed by atoms with Crippen LogP contribution in [0.5, 0.6) is 0 Å². The lowest BCUT2D eigenvalue weighted by Gasteiger charge is -2.30. The third-order valence-electron chi connectivity index (χ3n) is 3.26. The lowest BCUT2D eigenvalue weighted by molar-refractivity contribution is 0.205. The maximum absolute atomic E-state index is 6.01. The molecule has 2 rings (SSSR count). The van der Waals surface area contributed by atoms with E-state index in [1.54, 1.807) is 0 Å². The topological polar surface area (TPSA) is 29.3 Å². The molecule has 0 bridgehead atoms. The van der Waals surface area contributed by atoms with Crippen LogP contribution in [0.1, 0.15) is 24.0 Å². The van der Waals surface area contributed by atoms with Crippen LogP contribution in [-0.4, -0.2) is 24.0 Å². The van der Waals surface area contributed by atoms with Gasteiger partial charge in [0, 0.05) is 17.6 Å². The molecule has 1 aliphatic rings. The molecule has 0 atom stereocenters. The quantitative estimate of drug-likeness (QED) is 0.858. The zero-order chi connectivity index (χ0) is 11.5. The standard InChI is InChI=1S/C13H19ClN2/c1-10-8-11(2-3-13(10)14)9-16-6-4-12(15)5-7-16/h2-3,8,12H,4-7,9,15H2,1H3. The van der Waals surface area contributed by atoms with Crippen molar-refractivity contribution in [2.24, 2.45) is 5.73 Å². The lowest BCUT2D eigenvalue weighted by Crippen LogP contribution is -2.39. The van der Waals surface area contributed by atoms with Crippen LogP contribution in [0.25, 0.3) is 0 Å². The summed E-state index contributed by atoms with van der Waals surface area (Å²) in [6.45, 7) is 5.30. The van der Waals surface area contributed by atoms with Crippen molar-refractivity contribution >= 4 is 11.6 Å². The molecule has 2 N–H and O–H groups in total. The van der Waals surface area contributed by atoms with Gasteiger partial charge in [0.15, 0.2) is 0 Å². The molecule has 0 amide bonds. The van der Waals surface area contributed by atoms with Crippen molar-refractivity contribution in [3.63, 3.8) is 0 Å². The Kier molecular flexibility index (Phi) is 3.85. The highest BCUT2D eigenvalue weighted by Gasteiger charge is 2.15. The predicted octanol–water partition coefficient (Wildman–Crippen LogP) is 2.57. The molecular weight excluding hydrogens is 220 g/mol. The molecule has 1 saturated heterocycles. The zero-order valence-corrected chi connectivity index (χ0v) is 10.5. The highest BCUT2D eigenvalue weighted by atomic mass is 35.5. The van der Waals surface area contributed by atoms with E-state index in [1.165, 1.54) is 5.56 Å². The number of hydrogen-bond donors (Lipinski definition) is 1. The first-order valence-electron chi connectivity index (χ1n) is 5.88. The lowest BCUT2D eigenvalue weighted by atomic mass is 10.0. The molecule has 1 fully saturated rings. The summed E-state index contributed by atoms with van der Waals surface area (Å²) in [6, 6.07) is 6.69. The fraction of sp³-hybridized carbons (Fsp3) is 0.538. The van der Waals surface area contributed by atoms with Gasteiger partial charge < -0.3 is 5.73 Å². The predicted molar refractivity (Wildman–Crippen MR) is 68.7 cm³/mol. The van der Waals surface area contributed by atoms with Gasteiger partial charge in [0.1, 0.15) is 0 Å². The Morgan fingerprint density at radius 3 is 2.69 bits per heavy atom. The first-order chi connectivity index (χ1) is 7.65. The Labute approximate surface area is 102 Å². The van der Waals surface area contributed by atoms with Crippen molar-refractivity contribution in [1.82, 2.24) is 4.90 Å². The molecule has 3 heteroatoms. The molecule has 0 aromatic heterocycles. The number of rotatable bonds is 2. The Morgan fingerprint density at radius 2 is 2.06 bits per heavy atom. The molecule has 1 heterocycles. The second-order valence-electron chi connectivity index (χ2n) is 4.70.